The van der Waals surface area contributed by atoms with E-state index in [1.165, 1.54) is 5.56 Å². The van der Waals surface area contributed by atoms with Gasteiger partial charge in [-0.05, 0) is 24.0 Å². The minimum Gasteiger partial charge on any atom is -0.336 e. The second kappa shape index (κ2) is 8.88. The molecule has 0 radical (unpaired) electrons. The van der Waals surface area contributed by atoms with Crippen molar-refractivity contribution in [2.45, 2.75) is 4.90 Å². The van der Waals surface area contributed by atoms with Gasteiger partial charge >= 0.3 is 0 Å². The average molecular weight is 353 g/mol. The molecule has 0 saturated carbocycles. The van der Waals surface area contributed by atoms with E-state index >= 15 is 0 Å². The number of thioether (sulfide) groups is 1. The van der Waals surface area contributed by atoms with Gasteiger partial charge in [-0.2, -0.15) is 0 Å². The molecule has 0 spiro atoms. The maximum atomic E-state index is 12.8. The van der Waals surface area contributed by atoms with E-state index in [-0.39, 0.29) is 5.91 Å². The van der Waals surface area contributed by atoms with Gasteiger partial charge in [0.15, 0.2) is 0 Å². The molecule has 3 nitrogen and oxygen atoms in total. The molecule has 0 unspecified atom stereocenters. The van der Waals surface area contributed by atoms with E-state index < -0.39 is 0 Å². The number of carbonyl (C=O) groups is 1. The van der Waals surface area contributed by atoms with Crippen LogP contribution in [-0.4, -0.2) is 54.7 Å². The largest absolute Gasteiger partial charge is 0.336 e. The highest BCUT2D eigenvalue weighted by molar-refractivity contribution is 7.98. The van der Waals surface area contributed by atoms with Crippen LogP contribution in [0, 0.1) is 0 Å². The highest BCUT2D eigenvalue weighted by Gasteiger charge is 2.22. The summed E-state index contributed by atoms with van der Waals surface area (Å²) in [6, 6.07) is 18.2. The molecule has 2 aromatic carbocycles. The lowest BCUT2D eigenvalue weighted by molar-refractivity contribution is 0.0647. The second-order valence-electron chi connectivity index (χ2n) is 6.11. The van der Waals surface area contributed by atoms with Crippen LogP contribution in [0.4, 0.5) is 0 Å². The topological polar surface area (TPSA) is 23.6 Å². The van der Waals surface area contributed by atoms with Gasteiger partial charge in [0.05, 0.1) is 5.56 Å². The lowest BCUT2D eigenvalue weighted by atomic mass is 10.1. The van der Waals surface area contributed by atoms with Gasteiger partial charge in [-0.1, -0.05) is 54.6 Å². The zero-order chi connectivity index (χ0) is 17.5. The van der Waals surface area contributed by atoms with E-state index in [1.807, 2.05) is 41.5 Å². The molecule has 1 aliphatic rings. The van der Waals surface area contributed by atoms with Gasteiger partial charge in [0, 0.05) is 37.6 Å². The summed E-state index contributed by atoms with van der Waals surface area (Å²) in [6.45, 7) is 4.36. The van der Waals surface area contributed by atoms with Crippen molar-refractivity contribution in [2.75, 3.05) is 39.0 Å². The minimum atomic E-state index is 0.157. The summed E-state index contributed by atoms with van der Waals surface area (Å²) in [5, 5.41) is 0. The van der Waals surface area contributed by atoms with Crippen LogP contribution in [0.2, 0.25) is 0 Å². The summed E-state index contributed by atoms with van der Waals surface area (Å²) in [6.07, 6.45) is 6.38. The number of benzene rings is 2. The van der Waals surface area contributed by atoms with Crippen molar-refractivity contribution in [3.8, 4) is 0 Å². The van der Waals surface area contributed by atoms with Gasteiger partial charge in [-0.15, -0.1) is 11.8 Å². The maximum absolute atomic E-state index is 12.8. The molecular formula is C21H24N2OS. The van der Waals surface area contributed by atoms with E-state index in [4.69, 9.17) is 0 Å². The fourth-order valence-corrected chi connectivity index (χ4v) is 3.62. The first-order valence-corrected chi connectivity index (χ1v) is 9.86. The Morgan fingerprint density at radius 1 is 1.00 bits per heavy atom. The van der Waals surface area contributed by atoms with Crippen molar-refractivity contribution in [3.63, 3.8) is 0 Å². The summed E-state index contributed by atoms with van der Waals surface area (Å²) in [4.78, 5) is 18.2. The van der Waals surface area contributed by atoms with E-state index in [9.17, 15) is 4.79 Å². The van der Waals surface area contributed by atoms with Crippen molar-refractivity contribution in [1.29, 1.82) is 0 Å². The van der Waals surface area contributed by atoms with Crippen LogP contribution >= 0.6 is 11.8 Å². The molecule has 25 heavy (non-hydrogen) atoms. The van der Waals surface area contributed by atoms with E-state index in [2.05, 4.69) is 41.3 Å². The predicted octanol–water partition coefficient (Wildman–Crippen LogP) is 3.88. The van der Waals surface area contributed by atoms with Crippen molar-refractivity contribution >= 4 is 23.7 Å². The maximum Gasteiger partial charge on any atom is 0.255 e. The zero-order valence-corrected chi connectivity index (χ0v) is 15.4. The van der Waals surface area contributed by atoms with Gasteiger partial charge < -0.3 is 4.90 Å². The Bertz CT molecular complexity index is 722. The number of rotatable bonds is 5. The zero-order valence-electron chi connectivity index (χ0n) is 14.6. The van der Waals surface area contributed by atoms with Gasteiger partial charge in [0.25, 0.3) is 5.91 Å². The van der Waals surface area contributed by atoms with E-state index in [1.54, 1.807) is 11.8 Å². The molecular weight excluding hydrogens is 328 g/mol. The third-order valence-corrected chi connectivity index (χ3v) is 5.27. The van der Waals surface area contributed by atoms with Crippen molar-refractivity contribution in [3.05, 3.63) is 71.8 Å². The second-order valence-corrected chi connectivity index (χ2v) is 6.95. The van der Waals surface area contributed by atoms with Crippen LogP contribution in [-0.2, 0) is 0 Å². The first-order chi connectivity index (χ1) is 12.3. The predicted molar refractivity (Wildman–Crippen MR) is 106 cm³/mol. The Morgan fingerprint density at radius 2 is 1.68 bits per heavy atom. The summed E-state index contributed by atoms with van der Waals surface area (Å²) < 4.78 is 0. The van der Waals surface area contributed by atoms with E-state index in [0.29, 0.717) is 0 Å². The molecule has 1 heterocycles. The molecule has 0 bridgehead atoms. The highest BCUT2D eigenvalue weighted by Crippen LogP contribution is 2.21. The Hall–Kier alpha value is -2.04. The third kappa shape index (κ3) is 4.74. The normalized spacial score (nSPS) is 15.6. The number of hydrogen-bond donors (Lipinski definition) is 0. The summed E-state index contributed by atoms with van der Waals surface area (Å²) in [5.74, 6) is 0.157. The molecule has 1 saturated heterocycles. The smallest absolute Gasteiger partial charge is 0.255 e. The highest BCUT2D eigenvalue weighted by atomic mass is 32.2. The average Bonchev–Trinajstić information content (AvgIpc) is 2.69. The molecule has 3 rings (SSSR count). The summed E-state index contributed by atoms with van der Waals surface area (Å²) >= 11 is 1.63. The summed E-state index contributed by atoms with van der Waals surface area (Å²) in [5.41, 5.74) is 2.05. The van der Waals surface area contributed by atoms with Crippen LogP contribution in [0.3, 0.4) is 0 Å². The number of carbonyl (C=O) groups excluding carboxylic acids is 1. The Balaban J connectivity index is 1.51. The molecule has 130 valence electrons. The first-order valence-electron chi connectivity index (χ1n) is 8.64. The fourth-order valence-electron chi connectivity index (χ4n) is 3.03. The Morgan fingerprint density at radius 3 is 2.40 bits per heavy atom. The van der Waals surface area contributed by atoms with E-state index in [0.717, 1.165) is 43.2 Å². The standard InChI is InChI=1S/C21H24N2OS/c1-25-20-12-6-5-11-19(20)21(24)23-16-14-22(15-17-23)13-7-10-18-8-3-2-4-9-18/h2-12H,13-17H2,1H3. The van der Waals surface area contributed by atoms with Crippen LogP contribution in [0.5, 0.6) is 0 Å². The Kier molecular flexibility index (Phi) is 6.31. The minimum absolute atomic E-state index is 0.157. The van der Waals surface area contributed by atoms with Gasteiger partial charge in [-0.25, -0.2) is 0 Å². The number of hydrogen-bond acceptors (Lipinski definition) is 3. The van der Waals surface area contributed by atoms with Gasteiger partial charge in [0.1, 0.15) is 0 Å². The van der Waals surface area contributed by atoms with Crippen LogP contribution < -0.4 is 0 Å². The van der Waals surface area contributed by atoms with Crippen molar-refractivity contribution in [2.24, 2.45) is 0 Å². The van der Waals surface area contributed by atoms with Gasteiger partial charge in [-0.3, -0.25) is 9.69 Å². The number of amides is 1. The number of nitrogens with zero attached hydrogens (tertiary/aromatic N) is 2. The molecule has 1 fully saturated rings. The summed E-state index contributed by atoms with van der Waals surface area (Å²) in [7, 11) is 0. The monoisotopic (exact) mass is 352 g/mol. The fraction of sp³-hybridized carbons (Fsp3) is 0.286. The lowest BCUT2D eigenvalue weighted by Crippen LogP contribution is -2.48. The molecule has 0 aromatic heterocycles. The molecule has 0 aliphatic carbocycles. The SMILES string of the molecule is CSc1ccccc1C(=O)N1CCN(CC=Cc2ccccc2)CC1. The Labute approximate surface area is 154 Å². The van der Waals surface area contributed by atoms with Crippen LogP contribution in [0.1, 0.15) is 15.9 Å². The molecule has 1 aliphatic heterocycles. The molecule has 0 atom stereocenters. The number of piperazine rings is 1. The van der Waals surface area contributed by atoms with Crippen molar-refractivity contribution in [1.82, 2.24) is 9.80 Å². The molecule has 0 N–H and O–H groups in total. The third-order valence-electron chi connectivity index (χ3n) is 4.47. The molecule has 4 heteroatoms. The first kappa shape index (κ1) is 17.8. The van der Waals surface area contributed by atoms with Gasteiger partial charge in [0.2, 0.25) is 0 Å². The van der Waals surface area contributed by atoms with Crippen LogP contribution in [0.15, 0.2) is 65.6 Å². The quantitative estimate of drug-likeness (QED) is 0.763. The van der Waals surface area contributed by atoms with Crippen molar-refractivity contribution < 1.29 is 4.79 Å². The lowest BCUT2D eigenvalue weighted by Gasteiger charge is -2.34. The van der Waals surface area contributed by atoms with Crippen LogP contribution in [0.25, 0.3) is 6.08 Å². The molecule has 1 amide bonds. The molecule has 2 aromatic rings.